The number of nitrogens with two attached hydrogens (primary N) is 1. The molecule has 1 unspecified atom stereocenters. The Balaban J connectivity index is 2.10. The standard InChI is InChI=1S/C14H15Cl2N/c15-12-6-8-5-11-9(10(8)7-13(12)16)3-1-2-4-14(11)17/h6-7,14H,1-5,17H2. The molecule has 2 N–H and O–H groups in total. The second-order valence-corrected chi connectivity index (χ2v) is 5.77. The van der Waals surface area contributed by atoms with Gasteiger partial charge in [0.25, 0.3) is 0 Å². The van der Waals surface area contributed by atoms with E-state index in [1.807, 2.05) is 12.1 Å². The summed E-state index contributed by atoms with van der Waals surface area (Å²) in [5.41, 5.74) is 11.7. The van der Waals surface area contributed by atoms with Crippen LogP contribution in [0.5, 0.6) is 0 Å². The fraction of sp³-hybridized carbons (Fsp3) is 0.429. The zero-order valence-electron chi connectivity index (χ0n) is 9.60. The Bertz CT molecular complexity index is 505. The first-order valence-corrected chi connectivity index (χ1v) is 6.88. The van der Waals surface area contributed by atoms with E-state index in [1.54, 1.807) is 0 Å². The van der Waals surface area contributed by atoms with Crippen LogP contribution in [0.25, 0.3) is 5.57 Å². The molecule has 0 saturated carbocycles. The van der Waals surface area contributed by atoms with Gasteiger partial charge in [-0.15, -0.1) is 0 Å². The third kappa shape index (κ3) is 1.91. The van der Waals surface area contributed by atoms with E-state index in [0.717, 1.165) is 19.3 Å². The van der Waals surface area contributed by atoms with Gasteiger partial charge in [0.1, 0.15) is 0 Å². The molecule has 0 spiro atoms. The van der Waals surface area contributed by atoms with Crippen LogP contribution in [0, 0.1) is 0 Å². The van der Waals surface area contributed by atoms with Crippen molar-refractivity contribution < 1.29 is 0 Å². The van der Waals surface area contributed by atoms with Crippen LogP contribution in [-0.2, 0) is 6.42 Å². The van der Waals surface area contributed by atoms with Crippen LogP contribution >= 0.6 is 23.2 Å². The predicted octanol–water partition coefficient (Wildman–Crippen LogP) is 4.20. The molecule has 0 fully saturated rings. The Hall–Kier alpha value is -0.500. The molecule has 0 heterocycles. The molecule has 1 nitrogen and oxygen atoms in total. The maximum absolute atomic E-state index is 6.25. The fourth-order valence-electron chi connectivity index (χ4n) is 2.99. The van der Waals surface area contributed by atoms with Crippen molar-refractivity contribution >= 4 is 28.8 Å². The van der Waals surface area contributed by atoms with E-state index in [0.29, 0.717) is 10.0 Å². The lowest BCUT2D eigenvalue weighted by Gasteiger charge is -2.11. The molecule has 0 bridgehead atoms. The van der Waals surface area contributed by atoms with E-state index in [9.17, 15) is 0 Å². The summed E-state index contributed by atoms with van der Waals surface area (Å²) in [6.07, 6.45) is 5.65. The van der Waals surface area contributed by atoms with Gasteiger partial charge in [-0.05, 0) is 60.1 Å². The van der Waals surface area contributed by atoms with Crippen molar-refractivity contribution in [2.24, 2.45) is 5.73 Å². The van der Waals surface area contributed by atoms with E-state index in [4.69, 9.17) is 28.9 Å². The largest absolute Gasteiger partial charge is 0.324 e. The molecule has 3 heteroatoms. The molecule has 1 aromatic rings. The van der Waals surface area contributed by atoms with E-state index < -0.39 is 0 Å². The molecule has 0 aromatic heterocycles. The molecule has 0 amide bonds. The Kier molecular flexibility index (Phi) is 2.94. The van der Waals surface area contributed by atoms with Crippen molar-refractivity contribution in [3.05, 3.63) is 38.9 Å². The van der Waals surface area contributed by atoms with Gasteiger partial charge in [0.05, 0.1) is 10.0 Å². The minimum Gasteiger partial charge on any atom is -0.324 e. The quantitative estimate of drug-likeness (QED) is 0.749. The van der Waals surface area contributed by atoms with Gasteiger partial charge in [-0.25, -0.2) is 0 Å². The molecule has 17 heavy (non-hydrogen) atoms. The van der Waals surface area contributed by atoms with Gasteiger partial charge < -0.3 is 5.73 Å². The predicted molar refractivity (Wildman–Crippen MR) is 73.5 cm³/mol. The normalized spacial score (nSPS) is 23.4. The molecule has 3 rings (SSSR count). The van der Waals surface area contributed by atoms with Gasteiger partial charge in [-0.1, -0.05) is 29.6 Å². The van der Waals surface area contributed by atoms with E-state index in [-0.39, 0.29) is 6.04 Å². The molecule has 0 aliphatic heterocycles. The summed E-state index contributed by atoms with van der Waals surface area (Å²) in [6, 6.07) is 4.23. The number of hydrogen-bond acceptors (Lipinski definition) is 1. The summed E-state index contributed by atoms with van der Waals surface area (Å²) < 4.78 is 0. The maximum atomic E-state index is 6.25. The van der Waals surface area contributed by atoms with Crippen molar-refractivity contribution in [3.8, 4) is 0 Å². The molecule has 0 saturated heterocycles. The van der Waals surface area contributed by atoms with Crippen LogP contribution < -0.4 is 5.73 Å². The summed E-state index contributed by atoms with van der Waals surface area (Å²) in [4.78, 5) is 0. The minimum atomic E-state index is 0.220. The lowest BCUT2D eigenvalue weighted by Crippen LogP contribution is -2.22. The monoisotopic (exact) mass is 267 g/mol. The minimum absolute atomic E-state index is 0.220. The first kappa shape index (κ1) is 11.6. The second-order valence-electron chi connectivity index (χ2n) is 4.96. The molecule has 2 aliphatic rings. The number of fused-ring (bicyclic) bond motifs is 2. The highest BCUT2D eigenvalue weighted by molar-refractivity contribution is 6.42. The van der Waals surface area contributed by atoms with Crippen LogP contribution in [0.3, 0.4) is 0 Å². The van der Waals surface area contributed by atoms with Crippen molar-refractivity contribution in [2.45, 2.75) is 38.1 Å². The van der Waals surface area contributed by atoms with Crippen LogP contribution in [0.2, 0.25) is 10.0 Å². The Morgan fingerprint density at radius 3 is 2.71 bits per heavy atom. The molecule has 90 valence electrons. The Morgan fingerprint density at radius 2 is 1.88 bits per heavy atom. The van der Waals surface area contributed by atoms with Crippen LogP contribution in [-0.4, -0.2) is 6.04 Å². The number of benzene rings is 1. The van der Waals surface area contributed by atoms with Gasteiger partial charge in [0.2, 0.25) is 0 Å². The van der Waals surface area contributed by atoms with Crippen molar-refractivity contribution in [1.82, 2.24) is 0 Å². The van der Waals surface area contributed by atoms with Gasteiger partial charge in [0.15, 0.2) is 0 Å². The highest BCUT2D eigenvalue weighted by atomic mass is 35.5. The Labute approximate surface area is 112 Å². The van der Waals surface area contributed by atoms with Gasteiger partial charge in [-0.3, -0.25) is 0 Å². The maximum Gasteiger partial charge on any atom is 0.0598 e. The lowest BCUT2D eigenvalue weighted by molar-refractivity contribution is 0.634. The zero-order chi connectivity index (χ0) is 12.0. The van der Waals surface area contributed by atoms with Crippen LogP contribution in [0.1, 0.15) is 36.8 Å². The summed E-state index contributed by atoms with van der Waals surface area (Å²) in [5.74, 6) is 0. The SMILES string of the molecule is NC1CCCCC2=C1Cc1cc(Cl)c(Cl)cc12. The lowest BCUT2D eigenvalue weighted by atomic mass is 10.0. The average Bonchev–Trinajstić information content (AvgIpc) is 2.53. The van der Waals surface area contributed by atoms with Crippen LogP contribution in [0.15, 0.2) is 17.7 Å². The van der Waals surface area contributed by atoms with Crippen molar-refractivity contribution in [3.63, 3.8) is 0 Å². The van der Waals surface area contributed by atoms with Gasteiger partial charge in [0, 0.05) is 6.04 Å². The summed E-state index contributed by atoms with van der Waals surface area (Å²) >= 11 is 12.2. The summed E-state index contributed by atoms with van der Waals surface area (Å²) in [6.45, 7) is 0. The van der Waals surface area contributed by atoms with E-state index >= 15 is 0 Å². The zero-order valence-corrected chi connectivity index (χ0v) is 11.1. The first-order valence-electron chi connectivity index (χ1n) is 6.12. The molecule has 1 atom stereocenters. The summed E-state index contributed by atoms with van der Waals surface area (Å²) in [7, 11) is 0. The second kappa shape index (κ2) is 4.31. The third-order valence-corrected chi connectivity index (χ3v) is 4.60. The number of rotatable bonds is 0. The number of allylic oxidation sites excluding steroid dienone is 1. The summed E-state index contributed by atoms with van der Waals surface area (Å²) in [5, 5.41) is 1.30. The molecule has 1 aromatic carbocycles. The smallest absolute Gasteiger partial charge is 0.0598 e. The third-order valence-electron chi connectivity index (χ3n) is 3.88. The van der Waals surface area contributed by atoms with Crippen molar-refractivity contribution in [1.29, 1.82) is 0 Å². The van der Waals surface area contributed by atoms with Gasteiger partial charge in [-0.2, -0.15) is 0 Å². The highest BCUT2D eigenvalue weighted by Gasteiger charge is 2.27. The Morgan fingerprint density at radius 1 is 1.12 bits per heavy atom. The van der Waals surface area contributed by atoms with E-state index in [1.165, 1.54) is 35.1 Å². The highest BCUT2D eigenvalue weighted by Crippen LogP contribution is 2.42. The molecular weight excluding hydrogens is 253 g/mol. The molecule has 2 aliphatic carbocycles. The topological polar surface area (TPSA) is 26.0 Å². The fourth-order valence-corrected chi connectivity index (χ4v) is 3.34. The average molecular weight is 268 g/mol. The van der Waals surface area contributed by atoms with Crippen LogP contribution in [0.4, 0.5) is 0 Å². The van der Waals surface area contributed by atoms with Gasteiger partial charge >= 0.3 is 0 Å². The first-order chi connectivity index (χ1) is 8.16. The van der Waals surface area contributed by atoms with E-state index in [2.05, 4.69) is 0 Å². The number of halogens is 2. The molecule has 0 radical (unpaired) electrons. The van der Waals surface area contributed by atoms with Crippen molar-refractivity contribution in [2.75, 3.05) is 0 Å². The number of hydrogen-bond donors (Lipinski definition) is 1. The molecular formula is C14H15Cl2N.